The highest BCUT2D eigenvalue weighted by molar-refractivity contribution is 7.18. The average molecular weight is 296 g/mol. The summed E-state index contributed by atoms with van der Waals surface area (Å²) in [5.74, 6) is 0.426. The van der Waals surface area contributed by atoms with Crippen LogP contribution >= 0.6 is 11.3 Å². The van der Waals surface area contributed by atoms with Gasteiger partial charge in [0, 0.05) is 26.7 Å². The Hall–Kier alpha value is -1.30. The van der Waals surface area contributed by atoms with Crippen LogP contribution in [0.4, 0.5) is 10.9 Å². The molecule has 2 rings (SSSR count). The number of likely N-dealkylation sites (tertiary alicyclic amines) is 1. The van der Waals surface area contributed by atoms with Gasteiger partial charge in [-0.25, -0.2) is 4.98 Å². The predicted molar refractivity (Wildman–Crippen MR) is 84.5 cm³/mol. The van der Waals surface area contributed by atoms with E-state index < -0.39 is 0 Å². The number of carbonyl (C=O) groups is 1. The lowest BCUT2D eigenvalue weighted by atomic mass is 10.1. The van der Waals surface area contributed by atoms with E-state index in [1.807, 2.05) is 16.8 Å². The second-order valence-electron chi connectivity index (χ2n) is 5.28. The molecular weight excluding hydrogens is 272 g/mol. The molecule has 0 bridgehead atoms. The monoisotopic (exact) mass is 296 g/mol. The van der Waals surface area contributed by atoms with Crippen molar-refractivity contribution in [2.45, 2.75) is 39.0 Å². The summed E-state index contributed by atoms with van der Waals surface area (Å²) in [6.45, 7) is 4.59. The second kappa shape index (κ2) is 6.92. The lowest BCUT2D eigenvalue weighted by Crippen LogP contribution is -2.33. The van der Waals surface area contributed by atoms with Crippen molar-refractivity contribution in [2.24, 2.45) is 0 Å². The molecular formula is C14H24N4OS. The van der Waals surface area contributed by atoms with E-state index in [9.17, 15) is 4.79 Å². The average Bonchev–Trinajstić information content (AvgIpc) is 2.79. The normalized spacial score (nSPS) is 16.6. The smallest absolute Gasteiger partial charge is 0.267 e. The number of nitrogens with zero attached hydrogens (tertiary/aromatic N) is 3. The van der Waals surface area contributed by atoms with Crippen LogP contribution < -0.4 is 10.6 Å². The van der Waals surface area contributed by atoms with E-state index >= 15 is 0 Å². The van der Waals surface area contributed by atoms with Crippen molar-refractivity contribution in [1.29, 1.82) is 0 Å². The fourth-order valence-electron chi connectivity index (χ4n) is 2.37. The van der Waals surface area contributed by atoms with Gasteiger partial charge in [0.05, 0.1) is 0 Å². The molecule has 1 fully saturated rings. The van der Waals surface area contributed by atoms with Crippen molar-refractivity contribution in [3.63, 3.8) is 0 Å². The van der Waals surface area contributed by atoms with E-state index in [-0.39, 0.29) is 5.91 Å². The number of nitrogen functional groups attached to an aromatic ring is 1. The van der Waals surface area contributed by atoms with Gasteiger partial charge >= 0.3 is 0 Å². The molecule has 0 radical (unpaired) electrons. The number of hydrogen-bond acceptors (Lipinski definition) is 5. The Balaban J connectivity index is 2.12. The summed E-state index contributed by atoms with van der Waals surface area (Å²) >= 11 is 1.40. The van der Waals surface area contributed by atoms with Crippen LogP contribution in [-0.2, 0) is 0 Å². The molecule has 0 saturated carbocycles. The first-order valence-corrected chi connectivity index (χ1v) is 8.21. The minimum absolute atomic E-state index is 0.0534. The topological polar surface area (TPSA) is 62.5 Å². The van der Waals surface area contributed by atoms with Crippen LogP contribution in [0.15, 0.2) is 0 Å². The lowest BCUT2D eigenvalue weighted by molar-refractivity contribution is 0.0748. The van der Waals surface area contributed by atoms with Gasteiger partial charge in [-0.15, -0.1) is 0 Å². The zero-order chi connectivity index (χ0) is 14.5. The molecule has 112 valence electrons. The molecule has 1 aliphatic heterocycles. The Bertz CT molecular complexity index is 452. The maximum atomic E-state index is 12.6. The number of carbonyl (C=O) groups excluding carboxylic acids is 1. The third-order valence-electron chi connectivity index (χ3n) is 3.78. The van der Waals surface area contributed by atoms with Crippen LogP contribution in [0.3, 0.4) is 0 Å². The second-order valence-corrected chi connectivity index (χ2v) is 6.26. The van der Waals surface area contributed by atoms with Crippen LogP contribution in [0.25, 0.3) is 0 Å². The number of thiazole rings is 1. The van der Waals surface area contributed by atoms with Crippen LogP contribution in [0.1, 0.15) is 48.7 Å². The van der Waals surface area contributed by atoms with Gasteiger partial charge in [0.2, 0.25) is 0 Å². The zero-order valence-corrected chi connectivity index (χ0v) is 13.2. The molecule has 0 aromatic carbocycles. The minimum Gasteiger partial charge on any atom is -0.382 e. The first kappa shape index (κ1) is 15.1. The van der Waals surface area contributed by atoms with Crippen LogP contribution in [0.5, 0.6) is 0 Å². The Morgan fingerprint density at radius 3 is 2.50 bits per heavy atom. The van der Waals surface area contributed by atoms with Crippen LogP contribution in [-0.4, -0.2) is 42.5 Å². The molecule has 5 nitrogen and oxygen atoms in total. The highest BCUT2D eigenvalue weighted by Crippen LogP contribution is 2.29. The van der Waals surface area contributed by atoms with Gasteiger partial charge in [-0.3, -0.25) is 4.79 Å². The molecule has 1 saturated heterocycles. The van der Waals surface area contributed by atoms with Gasteiger partial charge in [0.25, 0.3) is 5.91 Å². The summed E-state index contributed by atoms with van der Waals surface area (Å²) in [4.78, 5) is 21.5. The van der Waals surface area contributed by atoms with Gasteiger partial charge in [-0.05, 0) is 19.8 Å². The Morgan fingerprint density at radius 1 is 1.30 bits per heavy atom. The van der Waals surface area contributed by atoms with Crippen molar-refractivity contribution in [3.05, 3.63) is 4.88 Å². The minimum atomic E-state index is 0.0534. The fraction of sp³-hybridized carbons (Fsp3) is 0.714. The predicted octanol–water partition coefficient (Wildman–Crippen LogP) is 2.59. The maximum absolute atomic E-state index is 12.6. The summed E-state index contributed by atoms with van der Waals surface area (Å²) in [5.41, 5.74) is 5.94. The van der Waals surface area contributed by atoms with Crippen molar-refractivity contribution in [3.8, 4) is 0 Å². The Kier molecular flexibility index (Phi) is 5.23. The van der Waals surface area contributed by atoms with Gasteiger partial charge in [-0.1, -0.05) is 30.6 Å². The molecule has 1 amide bonds. The Labute approximate surface area is 124 Å². The van der Waals surface area contributed by atoms with Gasteiger partial charge in [0.15, 0.2) is 5.13 Å². The summed E-state index contributed by atoms with van der Waals surface area (Å²) in [6, 6.07) is 0. The van der Waals surface area contributed by atoms with Gasteiger partial charge in [-0.2, -0.15) is 0 Å². The summed E-state index contributed by atoms with van der Waals surface area (Å²) in [5, 5.41) is 0.820. The molecule has 0 atom stereocenters. The summed E-state index contributed by atoms with van der Waals surface area (Å²) in [6.07, 6.45) is 5.89. The number of aromatic nitrogens is 1. The molecule has 0 unspecified atom stereocenters. The van der Waals surface area contributed by atoms with Gasteiger partial charge in [0.1, 0.15) is 10.7 Å². The van der Waals surface area contributed by atoms with E-state index in [0.717, 1.165) is 37.6 Å². The van der Waals surface area contributed by atoms with E-state index in [0.29, 0.717) is 10.7 Å². The van der Waals surface area contributed by atoms with Crippen molar-refractivity contribution in [2.75, 3.05) is 37.3 Å². The first-order valence-electron chi connectivity index (χ1n) is 7.40. The van der Waals surface area contributed by atoms with Crippen molar-refractivity contribution < 1.29 is 4.79 Å². The van der Waals surface area contributed by atoms with E-state index in [2.05, 4.69) is 11.9 Å². The van der Waals surface area contributed by atoms with E-state index in [1.54, 1.807) is 0 Å². The highest BCUT2D eigenvalue weighted by atomic mass is 32.1. The summed E-state index contributed by atoms with van der Waals surface area (Å²) in [7, 11) is 1.96. The van der Waals surface area contributed by atoms with Crippen LogP contribution in [0, 0.1) is 0 Å². The largest absolute Gasteiger partial charge is 0.382 e. The number of hydrogen-bond donors (Lipinski definition) is 1. The van der Waals surface area contributed by atoms with Crippen molar-refractivity contribution in [1.82, 2.24) is 9.88 Å². The number of rotatable bonds is 3. The van der Waals surface area contributed by atoms with Gasteiger partial charge < -0.3 is 15.5 Å². The number of anilines is 2. The lowest BCUT2D eigenvalue weighted by Gasteiger charge is -2.24. The molecule has 6 heteroatoms. The molecule has 0 spiro atoms. The SMILES string of the molecule is CCN(C)c1nc(N)c(C(=O)N2CCCCCCC2)s1. The van der Waals surface area contributed by atoms with Crippen molar-refractivity contribution >= 4 is 28.2 Å². The number of nitrogens with two attached hydrogens (primary N) is 1. The third kappa shape index (κ3) is 3.42. The molecule has 1 aromatic rings. The number of amides is 1. The zero-order valence-electron chi connectivity index (χ0n) is 12.4. The van der Waals surface area contributed by atoms with E-state index in [1.165, 1.54) is 30.6 Å². The molecule has 0 aliphatic carbocycles. The molecule has 2 N–H and O–H groups in total. The Morgan fingerprint density at radius 2 is 1.90 bits per heavy atom. The maximum Gasteiger partial charge on any atom is 0.267 e. The van der Waals surface area contributed by atoms with E-state index in [4.69, 9.17) is 5.73 Å². The third-order valence-corrected chi connectivity index (χ3v) is 4.95. The fourth-order valence-corrected chi connectivity index (χ4v) is 3.34. The van der Waals surface area contributed by atoms with Crippen LogP contribution in [0.2, 0.25) is 0 Å². The quantitative estimate of drug-likeness (QED) is 0.931. The summed E-state index contributed by atoms with van der Waals surface area (Å²) < 4.78 is 0. The first-order chi connectivity index (χ1) is 9.63. The highest BCUT2D eigenvalue weighted by Gasteiger charge is 2.23. The molecule has 2 heterocycles. The molecule has 1 aliphatic rings. The molecule has 1 aromatic heterocycles. The molecule has 20 heavy (non-hydrogen) atoms. The standard InChI is InChI=1S/C14H24N4OS/c1-3-17(2)14-16-12(15)11(20-14)13(19)18-9-7-5-4-6-8-10-18/h3-10,15H2,1-2H3.